The van der Waals surface area contributed by atoms with E-state index in [-0.39, 0.29) is 5.97 Å². The molecule has 20 heavy (non-hydrogen) atoms. The third-order valence-electron chi connectivity index (χ3n) is 3.77. The molecule has 0 aliphatic carbocycles. The summed E-state index contributed by atoms with van der Waals surface area (Å²) in [4.78, 5) is 14.2. The van der Waals surface area contributed by atoms with Crippen LogP contribution in [-0.2, 0) is 11.3 Å². The summed E-state index contributed by atoms with van der Waals surface area (Å²) in [6, 6.07) is 5.75. The molecule has 1 aromatic rings. The van der Waals surface area contributed by atoms with E-state index >= 15 is 0 Å². The number of rotatable bonds is 4. The van der Waals surface area contributed by atoms with Crippen molar-refractivity contribution in [2.24, 2.45) is 5.73 Å². The van der Waals surface area contributed by atoms with E-state index in [0.29, 0.717) is 18.2 Å². The van der Waals surface area contributed by atoms with Gasteiger partial charge in [-0.05, 0) is 38.1 Å². The number of nitrogens with two attached hydrogens (primary N) is 1. The Hall–Kier alpha value is -1.59. The Kier molecular flexibility index (Phi) is 4.98. The maximum absolute atomic E-state index is 11.9. The lowest BCUT2D eigenvalue weighted by Crippen LogP contribution is -2.39. The van der Waals surface area contributed by atoms with Gasteiger partial charge in [-0.25, -0.2) is 4.79 Å². The fourth-order valence-corrected chi connectivity index (χ4v) is 2.56. The molecule has 5 nitrogen and oxygen atoms in total. The monoisotopic (exact) mass is 278 g/mol. The summed E-state index contributed by atoms with van der Waals surface area (Å²) in [5, 5.41) is 0. The Morgan fingerprint density at radius 1 is 1.35 bits per heavy atom. The minimum absolute atomic E-state index is 0.295. The van der Waals surface area contributed by atoms with E-state index in [9.17, 15) is 4.79 Å². The van der Waals surface area contributed by atoms with Crippen molar-refractivity contribution in [3.8, 4) is 5.75 Å². The summed E-state index contributed by atoms with van der Waals surface area (Å²) in [7, 11) is 3.01. The summed E-state index contributed by atoms with van der Waals surface area (Å²) in [6.07, 6.45) is 1.98. The van der Waals surface area contributed by atoms with Crippen molar-refractivity contribution >= 4 is 5.97 Å². The van der Waals surface area contributed by atoms with E-state index in [2.05, 4.69) is 4.90 Å². The molecule has 1 saturated heterocycles. The molecule has 1 aromatic carbocycles. The molecule has 0 amide bonds. The number of ether oxygens (including phenoxy) is 2. The zero-order valence-electron chi connectivity index (χ0n) is 12.1. The fraction of sp³-hybridized carbons (Fsp3) is 0.533. The number of likely N-dealkylation sites (tertiary alicyclic amines) is 1. The van der Waals surface area contributed by atoms with Crippen LogP contribution >= 0.6 is 0 Å². The maximum Gasteiger partial charge on any atom is 0.338 e. The lowest BCUT2D eigenvalue weighted by Gasteiger charge is -2.30. The number of carbonyl (C=O) groups is 1. The molecule has 1 fully saturated rings. The van der Waals surface area contributed by atoms with Crippen LogP contribution in [0.1, 0.15) is 28.8 Å². The molecular formula is C15H22N2O3. The Morgan fingerprint density at radius 2 is 2.05 bits per heavy atom. The lowest BCUT2D eigenvalue weighted by atomic mass is 10.0. The van der Waals surface area contributed by atoms with Crippen LogP contribution < -0.4 is 10.5 Å². The van der Waals surface area contributed by atoms with E-state index in [4.69, 9.17) is 15.2 Å². The zero-order chi connectivity index (χ0) is 14.5. The summed E-state index contributed by atoms with van der Waals surface area (Å²) in [6.45, 7) is 2.57. The van der Waals surface area contributed by atoms with E-state index in [1.54, 1.807) is 19.2 Å². The molecule has 1 aliphatic rings. The first kappa shape index (κ1) is 14.8. The van der Waals surface area contributed by atoms with Crippen molar-refractivity contribution < 1.29 is 14.3 Å². The lowest BCUT2D eigenvalue weighted by molar-refractivity contribution is 0.0597. The fourth-order valence-electron chi connectivity index (χ4n) is 2.56. The average Bonchev–Trinajstić information content (AvgIpc) is 2.49. The molecule has 0 saturated carbocycles. The molecule has 0 atom stereocenters. The van der Waals surface area contributed by atoms with Crippen LogP contribution in [0.3, 0.4) is 0 Å². The largest absolute Gasteiger partial charge is 0.496 e. The van der Waals surface area contributed by atoms with Crippen molar-refractivity contribution in [2.75, 3.05) is 27.3 Å². The molecule has 2 N–H and O–H groups in total. The highest BCUT2D eigenvalue weighted by Crippen LogP contribution is 2.25. The quantitative estimate of drug-likeness (QED) is 0.844. The Bertz CT molecular complexity index is 468. The first-order valence-electron chi connectivity index (χ1n) is 6.87. The topological polar surface area (TPSA) is 64.8 Å². The van der Waals surface area contributed by atoms with Crippen LogP contribution in [0.5, 0.6) is 5.75 Å². The van der Waals surface area contributed by atoms with Crippen LogP contribution in [0.25, 0.3) is 0 Å². The minimum atomic E-state index is -0.326. The number of benzene rings is 1. The molecule has 0 radical (unpaired) electrons. The summed E-state index contributed by atoms with van der Waals surface area (Å²) in [5.74, 6) is 0.399. The Labute approximate surface area is 119 Å². The number of piperidine rings is 1. The predicted octanol–water partition coefficient (Wildman–Crippen LogP) is 1.40. The molecule has 2 rings (SSSR count). The second-order valence-corrected chi connectivity index (χ2v) is 5.09. The number of methoxy groups -OCH3 is 2. The van der Waals surface area contributed by atoms with Gasteiger partial charge in [0.1, 0.15) is 5.75 Å². The number of esters is 1. The van der Waals surface area contributed by atoms with Crippen molar-refractivity contribution in [2.45, 2.75) is 25.4 Å². The van der Waals surface area contributed by atoms with E-state index in [1.165, 1.54) is 7.11 Å². The predicted molar refractivity (Wildman–Crippen MR) is 76.8 cm³/mol. The highest BCUT2D eigenvalue weighted by Gasteiger charge is 2.21. The van der Waals surface area contributed by atoms with Gasteiger partial charge in [-0.1, -0.05) is 6.07 Å². The van der Waals surface area contributed by atoms with Crippen molar-refractivity contribution in [3.05, 3.63) is 29.3 Å². The molecule has 0 bridgehead atoms. The molecule has 110 valence electrons. The molecule has 0 aromatic heterocycles. The Balaban J connectivity index is 2.22. The Morgan fingerprint density at radius 3 is 2.65 bits per heavy atom. The van der Waals surface area contributed by atoms with Crippen LogP contribution in [-0.4, -0.2) is 44.2 Å². The van der Waals surface area contributed by atoms with Gasteiger partial charge in [0.2, 0.25) is 0 Å². The minimum Gasteiger partial charge on any atom is -0.496 e. The molecule has 1 heterocycles. The van der Waals surface area contributed by atoms with Crippen LogP contribution in [0.2, 0.25) is 0 Å². The van der Waals surface area contributed by atoms with Crippen molar-refractivity contribution in [1.82, 2.24) is 4.90 Å². The van der Waals surface area contributed by atoms with Gasteiger partial charge in [0.05, 0.1) is 19.8 Å². The molecule has 5 heteroatoms. The van der Waals surface area contributed by atoms with E-state index in [0.717, 1.165) is 37.2 Å². The first-order valence-corrected chi connectivity index (χ1v) is 6.87. The summed E-state index contributed by atoms with van der Waals surface area (Å²) in [5.41, 5.74) is 7.38. The average molecular weight is 278 g/mol. The van der Waals surface area contributed by atoms with Crippen LogP contribution in [0, 0.1) is 0 Å². The van der Waals surface area contributed by atoms with Crippen molar-refractivity contribution in [3.63, 3.8) is 0 Å². The van der Waals surface area contributed by atoms with E-state index < -0.39 is 0 Å². The van der Waals surface area contributed by atoms with Gasteiger partial charge in [0.25, 0.3) is 0 Å². The third kappa shape index (κ3) is 3.29. The first-order chi connectivity index (χ1) is 9.65. The smallest absolute Gasteiger partial charge is 0.338 e. The van der Waals surface area contributed by atoms with E-state index in [1.807, 2.05) is 6.07 Å². The molecule has 0 spiro atoms. The van der Waals surface area contributed by atoms with Gasteiger partial charge in [-0.3, -0.25) is 4.90 Å². The highest BCUT2D eigenvalue weighted by atomic mass is 16.5. The summed E-state index contributed by atoms with van der Waals surface area (Å²) >= 11 is 0. The van der Waals surface area contributed by atoms with Gasteiger partial charge in [0.15, 0.2) is 0 Å². The molecular weight excluding hydrogens is 256 g/mol. The number of carbonyl (C=O) groups excluding carboxylic acids is 1. The second-order valence-electron chi connectivity index (χ2n) is 5.09. The number of hydrogen-bond donors (Lipinski definition) is 1. The normalized spacial score (nSPS) is 16.9. The van der Waals surface area contributed by atoms with Gasteiger partial charge in [0, 0.05) is 18.2 Å². The molecule has 1 aliphatic heterocycles. The number of hydrogen-bond acceptors (Lipinski definition) is 5. The van der Waals surface area contributed by atoms with Crippen molar-refractivity contribution in [1.29, 1.82) is 0 Å². The maximum atomic E-state index is 11.9. The summed E-state index contributed by atoms with van der Waals surface area (Å²) < 4.78 is 10.2. The standard InChI is InChI=1S/C15H22N2O3/c1-19-14-5-3-4-12(15(18)20-2)13(14)10-17-8-6-11(16)7-9-17/h3-5,11H,6-10,16H2,1-2H3. The van der Waals surface area contributed by atoms with Gasteiger partial charge in [-0.2, -0.15) is 0 Å². The van der Waals surface area contributed by atoms with Gasteiger partial charge >= 0.3 is 5.97 Å². The number of nitrogens with zero attached hydrogens (tertiary/aromatic N) is 1. The van der Waals surface area contributed by atoms with Crippen LogP contribution in [0.15, 0.2) is 18.2 Å². The SMILES string of the molecule is COC(=O)c1cccc(OC)c1CN1CCC(N)CC1. The highest BCUT2D eigenvalue weighted by molar-refractivity contribution is 5.91. The van der Waals surface area contributed by atoms with Gasteiger partial charge < -0.3 is 15.2 Å². The zero-order valence-corrected chi connectivity index (χ0v) is 12.1. The van der Waals surface area contributed by atoms with Gasteiger partial charge in [-0.15, -0.1) is 0 Å². The van der Waals surface area contributed by atoms with Crippen LogP contribution in [0.4, 0.5) is 0 Å². The molecule has 0 unspecified atom stereocenters. The second kappa shape index (κ2) is 6.72. The third-order valence-corrected chi connectivity index (χ3v) is 3.77.